The molecule has 1 aromatic rings. The summed E-state index contributed by atoms with van der Waals surface area (Å²) in [6.45, 7) is 0. The molecule has 2 rings (SSSR count). The van der Waals surface area contributed by atoms with Crippen molar-refractivity contribution in [3.63, 3.8) is 0 Å². The van der Waals surface area contributed by atoms with E-state index in [2.05, 4.69) is 10.9 Å². The van der Waals surface area contributed by atoms with E-state index in [-0.39, 0.29) is 24.2 Å². The summed E-state index contributed by atoms with van der Waals surface area (Å²) < 4.78 is 0. The van der Waals surface area contributed by atoms with Crippen LogP contribution in [-0.2, 0) is 16.0 Å². The number of rotatable bonds is 3. The van der Waals surface area contributed by atoms with Gasteiger partial charge in [0.2, 0.25) is 11.8 Å². The second-order valence-electron chi connectivity index (χ2n) is 4.47. The third-order valence-corrected chi connectivity index (χ3v) is 3.33. The van der Waals surface area contributed by atoms with Crippen molar-refractivity contribution in [2.45, 2.75) is 25.7 Å². The van der Waals surface area contributed by atoms with E-state index in [1.165, 1.54) is 0 Å². The second-order valence-corrected chi connectivity index (χ2v) is 4.90. The van der Waals surface area contributed by atoms with E-state index >= 15 is 0 Å². The smallest absolute Gasteiger partial charge is 0.242 e. The Labute approximate surface area is 111 Å². The molecule has 0 heterocycles. The van der Waals surface area contributed by atoms with Crippen LogP contribution in [-0.4, -0.2) is 11.8 Å². The van der Waals surface area contributed by atoms with Crippen LogP contribution in [0.25, 0.3) is 0 Å². The number of amides is 2. The van der Waals surface area contributed by atoms with Crippen molar-refractivity contribution in [2.24, 2.45) is 5.92 Å². The maximum Gasteiger partial charge on any atom is 0.242 e. The van der Waals surface area contributed by atoms with Gasteiger partial charge in [0, 0.05) is 10.9 Å². The standard InChI is InChI=1S/C13H15ClN2O2/c14-11-6-4-9(5-7-11)8-12(17)15-16-13(18)10-2-1-3-10/h4-7,10H,1-3,8H2,(H,15,17)(H,16,18). The first-order valence-electron chi connectivity index (χ1n) is 5.98. The van der Waals surface area contributed by atoms with E-state index in [0.29, 0.717) is 5.02 Å². The first-order valence-corrected chi connectivity index (χ1v) is 6.36. The molecule has 1 saturated carbocycles. The van der Waals surface area contributed by atoms with Gasteiger partial charge in [-0.3, -0.25) is 20.4 Å². The van der Waals surface area contributed by atoms with E-state index in [0.717, 1.165) is 24.8 Å². The number of nitrogens with one attached hydrogen (secondary N) is 2. The zero-order valence-corrected chi connectivity index (χ0v) is 10.7. The molecular weight excluding hydrogens is 252 g/mol. The first kappa shape index (κ1) is 12.9. The Bertz CT molecular complexity index is 441. The zero-order chi connectivity index (χ0) is 13.0. The monoisotopic (exact) mass is 266 g/mol. The maximum atomic E-state index is 11.6. The fraction of sp³-hybridized carbons (Fsp3) is 0.385. The van der Waals surface area contributed by atoms with Gasteiger partial charge in [-0.15, -0.1) is 0 Å². The van der Waals surface area contributed by atoms with Gasteiger partial charge in [-0.05, 0) is 30.5 Å². The molecule has 0 unspecified atom stereocenters. The van der Waals surface area contributed by atoms with Crippen molar-refractivity contribution in [2.75, 3.05) is 0 Å². The van der Waals surface area contributed by atoms with Crippen LogP contribution in [0.5, 0.6) is 0 Å². The lowest BCUT2D eigenvalue weighted by Crippen LogP contribution is -2.46. The predicted molar refractivity (Wildman–Crippen MR) is 68.8 cm³/mol. The molecule has 2 amide bonds. The summed E-state index contributed by atoms with van der Waals surface area (Å²) >= 11 is 5.75. The molecule has 1 aliphatic rings. The summed E-state index contributed by atoms with van der Waals surface area (Å²) in [4.78, 5) is 23.1. The fourth-order valence-corrected chi connectivity index (χ4v) is 1.86. The number of carbonyl (C=O) groups is 2. The molecule has 0 radical (unpaired) electrons. The van der Waals surface area contributed by atoms with Crippen LogP contribution >= 0.6 is 11.6 Å². The lowest BCUT2D eigenvalue weighted by molar-refractivity contribution is -0.132. The molecule has 1 aliphatic carbocycles. The van der Waals surface area contributed by atoms with Crippen molar-refractivity contribution in [3.8, 4) is 0 Å². The van der Waals surface area contributed by atoms with Gasteiger partial charge < -0.3 is 0 Å². The molecule has 0 bridgehead atoms. The Morgan fingerprint density at radius 3 is 2.39 bits per heavy atom. The molecule has 5 heteroatoms. The second kappa shape index (κ2) is 5.87. The highest BCUT2D eigenvalue weighted by molar-refractivity contribution is 6.30. The van der Waals surface area contributed by atoms with Crippen LogP contribution in [0, 0.1) is 5.92 Å². The van der Waals surface area contributed by atoms with Gasteiger partial charge in [0.05, 0.1) is 6.42 Å². The molecule has 2 N–H and O–H groups in total. The van der Waals surface area contributed by atoms with Crippen LogP contribution in [0.4, 0.5) is 0 Å². The summed E-state index contributed by atoms with van der Waals surface area (Å²) in [5.41, 5.74) is 5.73. The summed E-state index contributed by atoms with van der Waals surface area (Å²) in [6, 6.07) is 7.04. The minimum Gasteiger partial charge on any atom is -0.273 e. The maximum absolute atomic E-state index is 11.6. The fourth-order valence-electron chi connectivity index (χ4n) is 1.74. The topological polar surface area (TPSA) is 58.2 Å². The van der Waals surface area contributed by atoms with Crippen LogP contribution in [0.15, 0.2) is 24.3 Å². The van der Waals surface area contributed by atoms with E-state index in [1.54, 1.807) is 24.3 Å². The van der Waals surface area contributed by atoms with Crippen LogP contribution < -0.4 is 10.9 Å². The zero-order valence-electron chi connectivity index (χ0n) is 9.91. The molecule has 1 aromatic carbocycles. The van der Waals surface area contributed by atoms with Crippen LogP contribution in [0.3, 0.4) is 0 Å². The van der Waals surface area contributed by atoms with Crippen LogP contribution in [0.1, 0.15) is 24.8 Å². The molecule has 18 heavy (non-hydrogen) atoms. The molecule has 0 saturated heterocycles. The third kappa shape index (κ3) is 3.47. The molecule has 0 atom stereocenters. The van der Waals surface area contributed by atoms with Crippen molar-refractivity contribution in [1.82, 2.24) is 10.9 Å². The van der Waals surface area contributed by atoms with Gasteiger partial charge in [-0.1, -0.05) is 30.2 Å². The van der Waals surface area contributed by atoms with Gasteiger partial charge in [0.15, 0.2) is 0 Å². The number of halogens is 1. The lowest BCUT2D eigenvalue weighted by Gasteiger charge is -2.23. The lowest BCUT2D eigenvalue weighted by atomic mass is 9.85. The SMILES string of the molecule is O=C(Cc1ccc(Cl)cc1)NNC(=O)C1CCC1. The van der Waals surface area contributed by atoms with Gasteiger partial charge in [0.1, 0.15) is 0 Å². The average Bonchev–Trinajstić information content (AvgIpc) is 2.27. The third-order valence-electron chi connectivity index (χ3n) is 3.08. The van der Waals surface area contributed by atoms with E-state index in [9.17, 15) is 9.59 Å². The summed E-state index contributed by atoms with van der Waals surface area (Å²) in [5.74, 6) is -0.253. The van der Waals surface area contributed by atoms with E-state index in [4.69, 9.17) is 11.6 Å². The summed E-state index contributed by atoms with van der Waals surface area (Å²) in [5, 5.41) is 0.637. The van der Waals surface area contributed by atoms with Gasteiger partial charge in [-0.2, -0.15) is 0 Å². The van der Waals surface area contributed by atoms with Crippen molar-refractivity contribution in [3.05, 3.63) is 34.9 Å². The number of carbonyl (C=O) groups excluding carboxylic acids is 2. The van der Waals surface area contributed by atoms with Gasteiger partial charge >= 0.3 is 0 Å². The van der Waals surface area contributed by atoms with E-state index < -0.39 is 0 Å². The Kier molecular flexibility index (Phi) is 4.20. The Hall–Kier alpha value is -1.55. The highest BCUT2D eigenvalue weighted by atomic mass is 35.5. The highest BCUT2D eigenvalue weighted by Crippen LogP contribution is 2.25. The molecule has 0 spiro atoms. The molecular formula is C13H15ClN2O2. The first-order chi connectivity index (χ1) is 8.65. The van der Waals surface area contributed by atoms with Crippen molar-refractivity contribution in [1.29, 1.82) is 0 Å². The van der Waals surface area contributed by atoms with Crippen molar-refractivity contribution < 1.29 is 9.59 Å². The normalized spacial score (nSPS) is 14.7. The van der Waals surface area contributed by atoms with E-state index in [1.807, 2.05) is 0 Å². The quantitative estimate of drug-likeness (QED) is 0.820. The Balaban J connectivity index is 1.74. The Morgan fingerprint density at radius 1 is 1.17 bits per heavy atom. The molecule has 0 aliphatic heterocycles. The molecule has 96 valence electrons. The summed E-state index contributed by atoms with van der Waals surface area (Å²) in [6.07, 6.45) is 3.15. The average molecular weight is 267 g/mol. The largest absolute Gasteiger partial charge is 0.273 e. The minimum absolute atomic E-state index is 0.0702. The number of benzene rings is 1. The summed E-state index contributed by atoms with van der Waals surface area (Å²) in [7, 11) is 0. The molecule has 0 aromatic heterocycles. The van der Waals surface area contributed by atoms with Gasteiger partial charge in [0.25, 0.3) is 0 Å². The molecule has 4 nitrogen and oxygen atoms in total. The van der Waals surface area contributed by atoms with Crippen molar-refractivity contribution >= 4 is 23.4 Å². The minimum atomic E-state index is -0.231. The number of hydrogen-bond donors (Lipinski definition) is 2. The highest BCUT2D eigenvalue weighted by Gasteiger charge is 2.25. The van der Waals surface area contributed by atoms with Gasteiger partial charge in [-0.25, -0.2) is 0 Å². The number of hydrazine groups is 1. The van der Waals surface area contributed by atoms with Crippen LogP contribution in [0.2, 0.25) is 5.02 Å². The number of hydrogen-bond acceptors (Lipinski definition) is 2. The molecule has 1 fully saturated rings. The predicted octanol–water partition coefficient (Wildman–Crippen LogP) is 1.83. The Morgan fingerprint density at radius 2 is 1.83 bits per heavy atom.